The Kier molecular flexibility index (Phi) is 4.79. The second-order valence-corrected chi connectivity index (χ2v) is 6.73. The van der Waals surface area contributed by atoms with Gasteiger partial charge in [0.1, 0.15) is 0 Å². The van der Waals surface area contributed by atoms with Gasteiger partial charge in [0.2, 0.25) is 0 Å². The van der Waals surface area contributed by atoms with E-state index in [1.165, 1.54) is 10.4 Å². The molecule has 2 aromatic rings. The lowest BCUT2D eigenvalue weighted by molar-refractivity contribution is 0.196. The molecule has 4 heteroatoms. The summed E-state index contributed by atoms with van der Waals surface area (Å²) in [6.45, 7) is 2.54. The van der Waals surface area contributed by atoms with Crippen molar-refractivity contribution in [1.29, 1.82) is 0 Å². The molecule has 0 saturated carbocycles. The normalized spacial score (nSPS) is 14.3. The molecule has 0 radical (unpaired) electrons. The van der Waals surface area contributed by atoms with E-state index in [1.807, 2.05) is 11.4 Å². The van der Waals surface area contributed by atoms with Gasteiger partial charge in [-0.15, -0.1) is 11.3 Å². The van der Waals surface area contributed by atoms with Crippen molar-refractivity contribution in [2.45, 2.75) is 18.8 Å². The van der Waals surface area contributed by atoms with Crippen LogP contribution in [-0.4, -0.2) is 18.3 Å². The lowest BCUT2D eigenvalue weighted by atomic mass is 9.77. The van der Waals surface area contributed by atoms with E-state index >= 15 is 0 Å². The molecule has 0 aliphatic carbocycles. The number of hydrogen-bond acceptors (Lipinski definition) is 3. The Morgan fingerprint density at radius 3 is 2.42 bits per heavy atom. The number of nitrogens with two attached hydrogens (primary N) is 1. The van der Waals surface area contributed by atoms with Crippen LogP contribution in [0.25, 0.3) is 0 Å². The molecule has 102 valence electrons. The average Bonchev–Trinajstić information content (AvgIpc) is 2.82. The van der Waals surface area contributed by atoms with Gasteiger partial charge < -0.3 is 10.8 Å². The number of aliphatic hydroxyl groups is 1. The van der Waals surface area contributed by atoms with Gasteiger partial charge in [0.15, 0.2) is 0 Å². The van der Waals surface area contributed by atoms with Crippen LogP contribution in [0.1, 0.15) is 16.0 Å². The summed E-state index contributed by atoms with van der Waals surface area (Å²) in [7, 11) is 0. The topological polar surface area (TPSA) is 46.2 Å². The Morgan fingerprint density at radius 1 is 1.26 bits per heavy atom. The molecule has 1 unspecified atom stereocenters. The summed E-state index contributed by atoms with van der Waals surface area (Å²) in [5, 5.41) is 11.9. The van der Waals surface area contributed by atoms with Crippen LogP contribution in [0.15, 0.2) is 40.2 Å². The molecule has 3 N–H and O–H groups in total. The molecular weight excluding hydrogens is 322 g/mol. The van der Waals surface area contributed by atoms with Crippen molar-refractivity contribution < 1.29 is 5.11 Å². The van der Waals surface area contributed by atoms with Crippen LogP contribution < -0.4 is 5.73 Å². The SMILES string of the molecule is Cc1ccc(C(CN)(CO)Cc2sccc2Br)cc1. The van der Waals surface area contributed by atoms with E-state index in [0.29, 0.717) is 6.54 Å². The third-order valence-corrected chi connectivity index (χ3v) is 5.47. The Balaban J connectivity index is 2.37. The van der Waals surface area contributed by atoms with E-state index in [2.05, 4.69) is 47.1 Å². The number of hydrogen-bond donors (Lipinski definition) is 2. The van der Waals surface area contributed by atoms with Gasteiger partial charge in [-0.05, 0) is 46.3 Å². The highest BCUT2D eigenvalue weighted by molar-refractivity contribution is 9.10. The molecule has 2 rings (SSSR count). The van der Waals surface area contributed by atoms with Gasteiger partial charge in [-0.3, -0.25) is 0 Å². The van der Waals surface area contributed by atoms with Crippen LogP contribution in [-0.2, 0) is 11.8 Å². The highest BCUT2D eigenvalue weighted by atomic mass is 79.9. The summed E-state index contributed by atoms with van der Waals surface area (Å²) in [5.74, 6) is 0. The quantitative estimate of drug-likeness (QED) is 0.878. The molecule has 0 aliphatic rings. The Morgan fingerprint density at radius 2 is 1.95 bits per heavy atom. The second-order valence-electron chi connectivity index (χ2n) is 4.88. The van der Waals surface area contributed by atoms with Crippen molar-refractivity contribution in [2.24, 2.45) is 5.73 Å². The minimum Gasteiger partial charge on any atom is -0.395 e. The van der Waals surface area contributed by atoms with E-state index in [0.717, 1.165) is 16.5 Å². The molecule has 1 aromatic carbocycles. The van der Waals surface area contributed by atoms with Crippen molar-refractivity contribution in [3.05, 3.63) is 56.2 Å². The molecule has 0 amide bonds. The lowest BCUT2D eigenvalue weighted by Crippen LogP contribution is -2.40. The smallest absolute Gasteiger partial charge is 0.0543 e. The van der Waals surface area contributed by atoms with Crippen LogP contribution in [0.5, 0.6) is 0 Å². The fourth-order valence-corrected chi connectivity index (χ4v) is 3.81. The summed E-state index contributed by atoms with van der Waals surface area (Å²) in [6.07, 6.45) is 0.751. The highest BCUT2D eigenvalue weighted by Gasteiger charge is 2.31. The first kappa shape index (κ1) is 14.7. The maximum atomic E-state index is 9.90. The van der Waals surface area contributed by atoms with Crippen LogP contribution in [0.3, 0.4) is 0 Å². The number of benzene rings is 1. The summed E-state index contributed by atoms with van der Waals surface area (Å²) in [4.78, 5) is 1.22. The monoisotopic (exact) mass is 339 g/mol. The standard InChI is InChI=1S/C15H18BrNOS/c1-11-2-4-12(5-3-11)15(9-17,10-18)8-14-13(16)6-7-19-14/h2-7,18H,8-10,17H2,1H3. The van der Waals surface area contributed by atoms with Crippen LogP contribution >= 0.6 is 27.3 Å². The summed E-state index contributed by atoms with van der Waals surface area (Å²) < 4.78 is 1.09. The molecule has 2 nitrogen and oxygen atoms in total. The fourth-order valence-electron chi connectivity index (χ4n) is 2.17. The predicted molar refractivity (Wildman–Crippen MR) is 84.7 cm³/mol. The molecule has 1 aromatic heterocycles. The van der Waals surface area contributed by atoms with E-state index in [-0.39, 0.29) is 6.61 Å². The Bertz CT molecular complexity index is 531. The molecule has 0 saturated heterocycles. The van der Waals surface area contributed by atoms with Gasteiger partial charge in [-0.25, -0.2) is 0 Å². The number of aliphatic hydroxyl groups excluding tert-OH is 1. The first-order valence-electron chi connectivity index (χ1n) is 6.21. The molecule has 0 aliphatic heterocycles. The maximum absolute atomic E-state index is 9.90. The molecule has 1 heterocycles. The molecule has 0 fully saturated rings. The molecule has 1 atom stereocenters. The number of halogens is 1. The van der Waals surface area contributed by atoms with Gasteiger partial charge in [-0.1, -0.05) is 29.8 Å². The first-order valence-corrected chi connectivity index (χ1v) is 7.88. The Labute approximate surface area is 126 Å². The van der Waals surface area contributed by atoms with Gasteiger partial charge in [0, 0.05) is 21.3 Å². The van der Waals surface area contributed by atoms with E-state index < -0.39 is 5.41 Å². The zero-order valence-corrected chi connectivity index (χ0v) is 13.3. The van der Waals surface area contributed by atoms with Crippen molar-refractivity contribution in [2.75, 3.05) is 13.2 Å². The molecule has 19 heavy (non-hydrogen) atoms. The maximum Gasteiger partial charge on any atom is 0.0543 e. The zero-order valence-electron chi connectivity index (χ0n) is 10.9. The minimum absolute atomic E-state index is 0.0525. The van der Waals surface area contributed by atoms with Gasteiger partial charge in [-0.2, -0.15) is 0 Å². The van der Waals surface area contributed by atoms with Gasteiger partial charge in [0.25, 0.3) is 0 Å². The first-order chi connectivity index (χ1) is 9.11. The van der Waals surface area contributed by atoms with Crippen LogP contribution in [0.2, 0.25) is 0 Å². The van der Waals surface area contributed by atoms with E-state index in [1.54, 1.807) is 11.3 Å². The molecule has 0 bridgehead atoms. The zero-order chi connectivity index (χ0) is 13.9. The van der Waals surface area contributed by atoms with Crippen LogP contribution in [0, 0.1) is 6.92 Å². The van der Waals surface area contributed by atoms with Gasteiger partial charge >= 0.3 is 0 Å². The second kappa shape index (κ2) is 6.18. The average molecular weight is 340 g/mol. The summed E-state index contributed by atoms with van der Waals surface area (Å²) >= 11 is 5.24. The predicted octanol–water partition coefficient (Wildman–Crippen LogP) is 3.25. The molecular formula is C15H18BrNOS. The lowest BCUT2D eigenvalue weighted by Gasteiger charge is -2.31. The van der Waals surface area contributed by atoms with Crippen LogP contribution in [0.4, 0.5) is 0 Å². The van der Waals surface area contributed by atoms with E-state index in [4.69, 9.17) is 5.73 Å². The highest BCUT2D eigenvalue weighted by Crippen LogP contribution is 2.33. The van der Waals surface area contributed by atoms with Crippen molar-refractivity contribution in [3.8, 4) is 0 Å². The fraction of sp³-hybridized carbons (Fsp3) is 0.333. The van der Waals surface area contributed by atoms with Crippen molar-refractivity contribution in [3.63, 3.8) is 0 Å². The third-order valence-electron chi connectivity index (χ3n) is 3.55. The number of rotatable bonds is 5. The summed E-state index contributed by atoms with van der Waals surface area (Å²) in [6, 6.07) is 10.3. The minimum atomic E-state index is -0.402. The number of thiophene rings is 1. The summed E-state index contributed by atoms with van der Waals surface area (Å²) in [5.41, 5.74) is 7.90. The molecule has 0 spiro atoms. The van der Waals surface area contributed by atoms with Gasteiger partial charge in [0.05, 0.1) is 6.61 Å². The third kappa shape index (κ3) is 3.08. The van der Waals surface area contributed by atoms with Crippen molar-refractivity contribution >= 4 is 27.3 Å². The van der Waals surface area contributed by atoms with E-state index in [9.17, 15) is 5.11 Å². The number of aryl methyl sites for hydroxylation is 1. The Hall–Kier alpha value is -0.680. The largest absolute Gasteiger partial charge is 0.395 e. The van der Waals surface area contributed by atoms with Crippen molar-refractivity contribution in [1.82, 2.24) is 0 Å².